The first-order chi connectivity index (χ1) is 9.47. The summed E-state index contributed by atoms with van der Waals surface area (Å²) in [7, 11) is 0. The standard InChI is InChI=1S/C13H18O7/c14-6-9(15)10(16)11(17)12(18)13(19)20-7-8-4-2-1-3-5-8/h1-5,9-12,14-18H,6-7H2/t9-,10-,11+,12+/m1/s1. The quantitative estimate of drug-likeness (QED) is 0.373. The maximum atomic E-state index is 11.5. The van der Waals surface area contributed by atoms with Gasteiger partial charge in [-0.05, 0) is 5.56 Å². The molecule has 7 heteroatoms. The molecule has 5 N–H and O–H groups in total. The second kappa shape index (κ2) is 7.93. The van der Waals surface area contributed by atoms with Gasteiger partial charge in [-0.15, -0.1) is 0 Å². The molecule has 1 rings (SSSR count). The smallest absolute Gasteiger partial charge is 0.338 e. The van der Waals surface area contributed by atoms with Crippen molar-refractivity contribution in [2.24, 2.45) is 0 Å². The summed E-state index contributed by atoms with van der Waals surface area (Å²) in [4.78, 5) is 11.5. The molecule has 4 atom stereocenters. The zero-order valence-electron chi connectivity index (χ0n) is 10.7. The molecule has 0 spiro atoms. The van der Waals surface area contributed by atoms with Gasteiger partial charge >= 0.3 is 5.97 Å². The third-order valence-corrected chi connectivity index (χ3v) is 2.72. The van der Waals surface area contributed by atoms with E-state index < -0.39 is 37.0 Å². The third-order valence-electron chi connectivity index (χ3n) is 2.72. The predicted molar refractivity (Wildman–Crippen MR) is 67.4 cm³/mol. The normalized spacial score (nSPS) is 17.1. The molecule has 0 aliphatic heterocycles. The Bertz CT molecular complexity index is 408. The molecule has 0 saturated heterocycles. The van der Waals surface area contributed by atoms with Crippen molar-refractivity contribution in [2.45, 2.75) is 31.0 Å². The van der Waals surface area contributed by atoms with Crippen molar-refractivity contribution < 1.29 is 35.1 Å². The molecule has 0 unspecified atom stereocenters. The van der Waals surface area contributed by atoms with E-state index in [1.165, 1.54) is 0 Å². The number of esters is 1. The Morgan fingerprint density at radius 3 is 2.20 bits per heavy atom. The van der Waals surface area contributed by atoms with Crippen molar-refractivity contribution in [3.8, 4) is 0 Å². The van der Waals surface area contributed by atoms with Crippen LogP contribution in [0.3, 0.4) is 0 Å². The number of carbonyl (C=O) groups excluding carboxylic acids is 1. The lowest BCUT2D eigenvalue weighted by Gasteiger charge is -2.24. The molecular weight excluding hydrogens is 268 g/mol. The van der Waals surface area contributed by atoms with Gasteiger partial charge in [0.05, 0.1) is 6.61 Å². The first-order valence-corrected chi connectivity index (χ1v) is 6.01. The van der Waals surface area contributed by atoms with Crippen molar-refractivity contribution in [2.75, 3.05) is 6.61 Å². The second-order valence-electron chi connectivity index (χ2n) is 4.27. The number of benzene rings is 1. The van der Waals surface area contributed by atoms with E-state index in [1.54, 1.807) is 30.3 Å². The number of carbonyl (C=O) groups is 1. The van der Waals surface area contributed by atoms with Crippen LogP contribution in [0.5, 0.6) is 0 Å². The van der Waals surface area contributed by atoms with Crippen molar-refractivity contribution in [1.82, 2.24) is 0 Å². The molecule has 0 radical (unpaired) electrons. The number of aliphatic hydroxyl groups excluding tert-OH is 5. The van der Waals surface area contributed by atoms with Gasteiger partial charge in [0.15, 0.2) is 6.10 Å². The molecule has 0 aliphatic rings. The van der Waals surface area contributed by atoms with Crippen LogP contribution in [0.15, 0.2) is 30.3 Å². The van der Waals surface area contributed by atoms with Crippen LogP contribution in [0.2, 0.25) is 0 Å². The summed E-state index contributed by atoms with van der Waals surface area (Å²) in [5, 5.41) is 46.1. The Morgan fingerprint density at radius 1 is 1.05 bits per heavy atom. The summed E-state index contributed by atoms with van der Waals surface area (Å²) in [5.74, 6) is -1.13. The Hall–Kier alpha value is -1.51. The van der Waals surface area contributed by atoms with Gasteiger partial charge in [0, 0.05) is 0 Å². The first kappa shape index (κ1) is 16.5. The summed E-state index contributed by atoms with van der Waals surface area (Å²) in [6, 6.07) is 8.70. The molecule has 1 aromatic carbocycles. The fourth-order valence-corrected chi connectivity index (χ4v) is 1.48. The molecule has 20 heavy (non-hydrogen) atoms. The van der Waals surface area contributed by atoms with Gasteiger partial charge < -0.3 is 30.3 Å². The number of hydrogen-bond acceptors (Lipinski definition) is 7. The minimum atomic E-state index is -2.02. The lowest BCUT2D eigenvalue weighted by molar-refractivity contribution is -0.171. The number of rotatable bonds is 7. The fraction of sp³-hybridized carbons (Fsp3) is 0.462. The van der Waals surface area contributed by atoms with Crippen molar-refractivity contribution in [3.63, 3.8) is 0 Å². The molecule has 0 amide bonds. The van der Waals surface area contributed by atoms with E-state index in [0.717, 1.165) is 0 Å². The van der Waals surface area contributed by atoms with Crippen LogP contribution >= 0.6 is 0 Å². The van der Waals surface area contributed by atoms with Gasteiger partial charge in [-0.1, -0.05) is 30.3 Å². The Labute approximate surface area is 115 Å². The highest BCUT2D eigenvalue weighted by Gasteiger charge is 2.35. The average Bonchev–Trinajstić information content (AvgIpc) is 2.50. The Kier molecular flexibility index (Phi) is 6.56. The van der Waals surface area contributed by atoms with E-state index in [9.17, 15) is 20.1 Å². The van der Waals surface area contributed by atoms with Crippen LogP contribution in [-0.2, 0) is 16.1 Å². The second-order valence-corrected chi connectivity index (χ2v) is 4.27. The predicted octanol–water partition coefficient (Wildman–Crippen LogP) is -1.83. The minimum absolute atomic E-state index is 0.0951. The van der Waals surface area contributed by atoms with Gasteiger partial charge in [0.1, 0.15) is 24.9 Å². The molecule has 0 bridgehead atoms. The topological polar surface area (TPSA) is 127 Å². The molecule has 0 saturated carbocycles. The number of hydrogen-bond donors (Lipinski definition) is 5. The number of ether oxygens (including phenoxy) is 1. The maximum absolute atomic E-state index is 11.5. The van der Waals surface area contributed by atoms with E-state index in [4.69, 9.17) is 14.9 Å². The van der Waals surface area contributed by atoms with E-state index in [-0.39, 0.29) is 6.61 Å². The molecule has 1 aromatic rings. The first-order valence-electron chi connectivity index (χ1n) is 6.01. The summed E-state index contributed by atoms with van der Waals surface area (Å²) in [5.41, 5.74) is 0.693. The van der Waals surface area contributed by atoms with E-state index in [1.807, 2.05) is 0 Å². The SMILES string of the molecule is O=C(OCc1ccccc1)[C@@H](O)[C@@H](O)[C@H](O)[C@H](O)CO. The van der Waals surface area contributed by atoms with Gasteiger partial charge in [-0.2, -0.15) is 0 Å². The van der Waals surface area contributed by atoms with Crippen LogP contribution < -0.4 is 0 Å². The molecule has 7 nitrogen and oxygen atoms in total. The van der Waals surface area contributed by atoms with Crippen molar-refractivity contribution in [1.29, 1.82) is 0 Å². The van der Waals surface area contributed by atoms with Gasteiger partial charge in [-0.3, -0.25) is 0 Å². The fourth-order valence-electron chi connectivity index (χ4n) is 1.48. The summed E-state index contributed by atoms with van der Waals surface area (Å²) in [6.45, 7) is -0.911. The van der Waals surface area contributed by atoms with Crippen molar-refractivity contribution >= 4 is 5.97 Å². The van der Waals surface area contributed by atoms with Crippen LogP contribution in [0.25, 0.3) is 0 Å². The van der Waals surface area contributed by atoms with Gasteiger partial charge in [0.2, 0.25) is 0 Å². The highest BCUT2D eigenvalue weighted by molar-refractivity contribution is 5.75. The van der Waals surface area contributed by atoms with Crippen molar-refractivity contribution in [3.05, 3.63) is 35.9 Å². The van der Waals surface area contributed by atoms with Crippen LogP contribution in [-0.4, -0.2) is 62.5 Å². The van der Waals surface area contributed by atoms with Crippen LogP contribution in [0, 0.1) is 0 Å². The van der Waals surface area contributed by atoms with Gasteiger partial charge in [0.25, 0.3) is 0 Å². The average molecular weight is 286 g/mol. The zero-order chi connectivity index (χ0) is 15.1. The van der Waals surface area contributed by atoms with Crippen LogP contribution in [0.1, 0.15) is 5.56 Å². The van der Waals surface area contributed by atoms with Crippen LogP contribution in [0.4, 0.5) is 0 Å². The minimum Gasteiger partial charge on any atom is -0.459 e. The summed E-state index contributed by atoms with van der Waals surface area (Å²) < 4.78 is 4.77. The largest absolute Gasteiger partial charge is 0.459 e. The van der Waals surface area contributed by atoms with Gasteiger partial charge in [-0.25, -0.2) is 4.79 Å². The molecule has 0 fully saturated rings. The maximum Gasteiger partial charge on any atom is 0.338 e. The molecule has 112 valence electrons. The molecule has 0 aromatic heterocycles. The third kappa shape index (κ3) is 4.55. The number of aliphatic hydroxyl groups is 5. The summed E-state index contributed by atoms with van der Waals surface area (Å²) >= 11 is 0. The molecular formula is C13H18O7. The zero-order valence-corrected chi connectivity index (χ0v) is 10.7. The lowest BCUT2D eigenvalue weighted by atomic mass is 10.0. The highest BCUT2D eigenvalue weighted by atomic mass is 16.5. The van der Waals surface area contributed by atoms with E-state index in [2.05, 4.69) is 0 Å². The monoisotopic (exact) mass is 286 g/mol. The Morgan fingerprint density at radius 2 is 1.65 bits per heavy atom. The summed E-state index contributed by atoms with van der Waals surface area (Å²) in [6.07, 6.45) is -7.50. The highest BCUT2D eigenvalue weighted by Crippen LogP contribution is 2.08. The van der Waals surface area contributed by atoms with E-state index >= 15 is 0 Å². The molecule has 0 heterocycles. The Balaban J connectivity index is 2.50. The van der Waals surface area contributed by atoms with E-state index in [0.29, 0.717) is 5.56 Å². The molecule has 0 aliphatic carbocycles. The lowest BCUT2D eigenvalue weighted by Crippen LogP contribution is -2.49.